The minimum Gasteiger partial charge on any atom is -0.396 e. The van der Waals surface area contributed by atoms with E-state index in [1.54, 1.807) is 6.07 Å². The summed E-state index contributed by atoms with van der Waals surface area (Å²) in [5.74, 6) is -0.362. The molecule has 0 aliphatic heterocycles. The first-order chi connectivity index (χ1) is 8.16. The van der Waals surface area contributed by atoms with Gasteiger partial charge >= 0.3 is 0 Å². The lowest BCUT2D eigenvalue weighted by Gasteiger charge is -2.18. The Morgan fingerprint density at radius 2 is 2.24 bits per heavy atom. The molecule has 0 radical (unpaired) electrons. The summed E-state index contributed by atoms with van der Waals surface area (Å²) in [6.45, 7) is 0.0143. The number of carbonyl (C=O) groups excluding carboxylic acids is 1. The summed E-state index contributed by atoms with van der Waals surface area (Å²) in [6, 6.07) is 6.36. The van der Waals surface area contributed by atoms with E-state index in [2.05, 4.69) is 5.32 Å². The average molecular weight is 237 g/mol. The van der Waals surface area contributed by atoms with Crippen LogP contribution in [0, 0.1) is 5.82 Å². The topological polar surface area (TPSA) is 49.3 Å². The molecule has 1 aliphatic carbocycles. The monoisotopic (exact) mass is 237 g/mol. The van der Waals surface area contributed by atoms with Crippen molar-refractivity contribution < 1.29 is 14.3 Å². The highest BCUT2D eigenvalue weighted by Gasteiger charge is 2.45. The number of hydrogen-bond donors (Lipinski definition) is 2. The van der Waals surface area contributed by atoms with E-state index in [-0.39, 0.29) is 23.9 Å². The van der Waals surface area contributed by atoms with Gasteiger partial charge in [0, 0.05) is 13.0 Å². The third kappa shape index (κ3) is 2.82. The van der Waals surface area contributed by atoms with Crippen molar-refractivity contribution in [2.45, 2.75) is 31.2 Å². The van der Waals surface area contributed by atoms with Gasteiger partial charge in [-0.2, -0.15) is 0 Å². The number of amides is 1. The van der Waals surface area contributed by atoms with Crippen molar-refractivity contribution in [1.29, 1.82) is 0 Å². The highest BCUT2D eigenvalue weighted by Crippen LogP contribution is 2.45. The van der Waals surface area contributed by atoms with Gasteiger partial charge in [0.1, 0.15) is 5.82 Å². The first-order valence-corrected chi connectivity index (χ1v) is 5.84. The van der Waals surface area contributed by atoms with E-state index in [9.17, 15) is 9.18 Å². The molecular formula is C13H16FNO2. The summed E-state index contributed by atoms with van der Waals surface area (Å²) in [6.07, 6.45) is 2.47. The number of aliphatic hydroxyl groups excluding tert-OH is 1. The molecule has 0 spiro atoms. The number of carbonyl (C=O) groups is 1. The zero-order valence-electron chi connectivity index (χ0n) is 9.58. The van der Waals surface area contributed by atoms with Gasteiger partial charge in [-0.25, -0.2) is 4.39 Å². The van der Waals surface area contributed by atoms with Crippen LogP contribution in [0.2, 0.25) is 0 Å². The quantitative estimate of drug-likeness (QED) is 0.819. The van der Waals surface area contributed by atoms with Crippen LogP contribution in [0.25, 0.3) is 0 Å². The van der Waals surface area contributed by atoms with Crippen molar-refractivity contribution in [3.63, 3.8) is 0 Å². The van der Waals surface area contributed by atoms with Gasteiger partial charge in [0.25, 0.3) is 0 Å². The Bertz CT molecular complexity index is 416. The zero-order valence-corrected chi connectivity index (χ0v) is 9.58. The van der Waals surface area contributed by atoms with Crippen LogP contribution in [-0.2, 0) is 10.3 Å². The fourth-order valence-electron chi connectivity index (χ4n) is 1.97. The molecule has 17 heavy (non-hydrogen) atoms. The highest BCUT2D eigenvalue weighted by molar-refractivity contribution is 5.77. The number of halogens is 1. The van der Waals surface area contributed by atoms with Crippen LogP contribution in [0.3, 0.4) is 0 Å². The molecule has 1 amide bonds. The first kappa shape index (κ1) is 12.0. The van der Waals surface area contributed by atoms with Crippen LogP contribution in [-0.4, -0.2) is 17.6 Å². The predicted molar refractivity (Wildman–Crippen MR) is 61.8 cm³/mol. The van der Waals surface area contributed by atoms with E-state index < -0.39 is 0 Å². The van der Waals surface area contributed by atoms with Crippen LogP contribution in [0.1, 0.15) is 31.2 Å². The van der Waals surface area contributed by atoms with E-state index in [0.29, 0.717) is 12.8 Å². The Morgan fingerprint density at radius 3 is 2.82 bits per heavy atom. The molecule has 0 saturated heterocycles. The first-order valence-electron chi connectivity index (χ1n) is 5.84. The molecule has 0 atom stereocenters. The fraction of sp³-hybridized carbons (Fsp3) is 0.462. The molecule has 92 valence electrons. The maximum Gasteiger partial charge on any atom is 0.220 e. The minimum atomic E-state index is -0.366. The largest absolute Gasteiger partial charge is 0.396 e. The van der Waals surface area contributed by atoms with Crippen molar-refractivity contribution in [3.05, 3.63) is 35.6 Å². The fourth-order valence-corrected chi connectivity index (χ4v) is 1.97. The van der Waals surface area contributed by atoms with Gasteiger partial charge in [-0.3, -0.25) is 4.79 Å². The van der Waals surface area contributed by atoms with Crippen LogP contribution < -0.4 is 5.32 Å². The molecule has 0 bridgehead atoms. The lowest BCUT2D eigenvalue weighted by atomic mass is 10.0. The number of aliphatic hydroxyl groups is 1. The van der Waals surface area contributed by atoms with E-state index in [1.165, 1.54) is 12.1 Å². The van der Waals surface area contributed by atoms with Crippen LogP contribution in [0.5, 0.6) is 0 Å². The summed E-state index contributed by atoms with van der Waals surface area (Å²) in [4.78, 5) is 11.6. The average Bonchev–Trinajstić information content (AvgIpc) is 3.07. The predicted octanol–water partition coefficient (Wildman–Crippen LogP) is 1.70. The van der Waals surface area contributed by atoms with Crippen LogP contribution >= 0.6 is 0 Å². The molecule has 1 aromatic carbocycles. The third-order valence-electron chi connectivity index (χ3n) is 3.07. The molecule has 0 heterocycles. The van der Waals surface area contributed by atoms with E-state index in [0.717, 1.165) is 18.4 Å². The van der Waals surface area contributed by atoms with Crippen molar-refractivity contribution in [3.8, 4) is 0 Å². The Morgan fingerprint density at radius 1 is 1.47 bits per heavy atom. The summed E-state index contributed by atoms with van der Waals surface area (Å²) in [5, 5.41) is 11.6. The summed E-state index contributed by atoms with van der Waals surface area (Å²) in [5.41, 5.74) is 0.462. The second-order valence-electron chi connectivity index (χ2n) is 4.47. The van der Waals surface area contributed by atoms with Gasteiger partial charge in [0.2, 0.25) is 5.91 Å². The second kappa shape index (κ2) is 4.84. The van der Waals surface area contributed by atoms with Gasteiger partial charge in [-0.15, -0.1) is 0 Å². The molecule has 1 saturated carbocycles. The van der Waals surface area contributed by atoms with Gasteiger partial charge in [-0.1, -0.05) is 12.1 Å². The Hall–Kier alpha value is -1.42. The van der Waals surface area contributed by atoms with E-state index >= 15 is 0 Å². The number of hydrogen-bond acceptors (Lipinski definition) is 2. The number of nitrogens with one attached hydrogen (secondary N) is 1. The minimum absolute atomic E-state index is 0.0143. The van der Waals surface area contributed by atoms with Crippen molar-refractivity contribution in [2.75, 3.05) is 6.61 Å². The molecule has 1 aromatic rings. The van der Waals surface area contributed by atoms with Gasteiger partial charge in [0.15, 0.2) is 0 Å². The maximum absolute atomic E-state index is 13.1. The Labute approximate surface area is 99.7 Å². The van der Waals surface area contributed by atoms with Crippen molar-refractivity contribution in [2.24, 2.45) is 0 Å². The maximum atomic E-state index is 13.1. The van der Waals surface area contributed by atoms with Gasteiger partial charge in [0.05, 0.1) is 5.54 Å². The SMILES string of the molecule is O=C(CCCO)NC1(c2cccc(F)c2)CC1. The van der Waals surface area contributed by atoms with Crippen LogP contribution in [0.4, 0.5) is 4.39 Å². The van der Waals surface area contributed by atoms with Crippen molar-refractivity contribution >= 4 is 5.91 Å². The zero-order chi connectivity index (χ0) is 12.3. The van der Waals surface area contributed by atoms with E-state index in [4.69, 9.17) is 5.11 Å². The van der Waals surface area contributed by atoms with E-state index in [1.807, 2.05) is 6.07 Å². The molecular weight excluding hydrogens is 221 g/mol. The van der Waals surface area contributed by atoms with Gasteiger partial charge < -0.3 is 10.4 Å². The molecule has 1 aliphatic rings. The third-order valence-corrected chi connectivity index (χ3v) is 3.07. The molecule has 0 unspecified atom stereocenters. The molecule has 2 rings (SSSR count). The summed E-state index contributed by atoms with van der Waals surface area (Å²) in [7, 11) is 0. The molecule has 3 nitrogen and oxygen atoms in total. The number of benzene rings is 1. The van der Waals surface area contributed by atoms with Crippen molar-refractivity contribution in [1.82, 2.24) is 5.32 Å². The Balaban J connectivity index is 2.02. The molecule has 0 aromatic heterocycles. The summed E-state index contributed by atoms with van der Waals surface area (Å²) < 4.78 is 13.1. The molecule has 4 heteroatoms. The highest BCUT2D eigenvalue weighted by atomic mass is 19.1. The Kier molecular flexibility index (Phi) is 3.43. The molecule has 2 N–H and O–H groups in total. The lowest BCUT2D eigenvalue weighted by molar-refractivity contribution is -0.122. The van der Waals surface area contributed by atoms with Gasteiger partial charge in [-0.05, 0) is 37.0 Å². The lowest BCUT2D eigenvalue weighted by Crippen LogP contribution is -2.34. The normalized spacial score (nSPS) is 16.6. The standard InChI is InChI=1S/C13H16FNO2/c14-11-4-1-3-10(9-11)13(6-7-13)15-12(17)5-2-8-16/h1,3-4,9,16H,2,5-8H2,(H,15,17). The molecule has 1 fully saturated rings. The second-order valence-corrected chi connectivity index (χ2v) is 4.47. The summed E-state index contributed by atoms with van der Waals surface area (Å²) >= 11 is 0. The number of rotatable bonds is 5. The van der Waals surface area contributed by atoms with Crippen LogP contribution in [0.15, 0.2) is 24.3 Å². The smallest absolute Gasteiger partial charge is 0.220 e.